The molecule has 0 aliphatic heterocycles. The Bertz CT molecular complexity index is 1370. The van der Waals surface area contributed by atoms with E-state index >= 15 is 0 Å². The van der Waals surface area contributed by atoms with Gasteiger partial charge >= 0.3 is 0 Å². The molecule has 0 aliphatic carbocycles. The van der Waals surface area contributed by atoms with Crippen LogP contribution in [0.15, 0.2) is 83.8 Å². The zero-order chi connectivity index (χ0) is 28.6. The highest BCUT2D eigenvalue weighted by Crippen LogP contribution is 2.28. The molecule has 3 aromatic carbocycles. The molecule has 1 atom stereocenters. The number of hydrogen-bond donors (Lipinski definition) is 1. The van der Waals surface area contributed by atoms with Crippen LogP contribution >= 0.6 is 0 Å². The average molecular weight is 550 g/mol. The zero-order valence-corrected chi connectivity index (χ0v) is 24.2. The Hall–Kier alpha value is -3.65. The molecule has 39 heavy (non-hydrogen) atoms. The van der Waals surface area contributed by atoms with Gasteiger partial charge in [0.2, 0.25) is 11.8 Å². The number of aryl methyl sites for hydroxylation is 2. The van der Waals surface area contributed by atoms with E-state index in [0.717, 1.165) is 16.7 Å². The molecule has 0 heterocycles. The first-order valence-corrected chi connectivity index (χ1v) is 14.8. The lowest BCUT2D eigenvalue weighted by Gasteiger charge is -2.34. The van der Waals surface area contributed by atoms with E-state index in [9.17, 15) is 18.0 Å². The van der Waals surface area contributed by atoms with Crippen molar-refractivity contribution >= 4 is 27.5 Å². The van der Waals surface area contributed by atoms with Gasteiger partial charge in [0.05, 0.1) is 10.6 Å². The number of carbonyl (C=O) groups excluding carboxylic acids is 2. The molecular weight excluding hydrogens is 510 g/mol. The van der Waals surface area contributed by atoms with Crippen LogP contribution in [0, 0.1) is 6.92 Å². The summed E-state index contributed by atoms with van der Waals surface area (Å²) in [6.07, 6.45) is 0.972. The van der Waals surface area contributed by atoms with Gasteiger partial charge in [0.15, 0.2) is 0 Å². The van der Waals surface area contributed by atoms with Crippen LogP contribution in [-0.2, 0) is 32.6 Å². The highest BCUT2D eigenvalue weighted by atomic mass is 32.2. The number of nitrogens with zero attached hydrogens (tertiary/aromatic N) is 2. The number of sulfonamides is 1. The fourth-order valence-electron chi connectivity index (χ4n) is 4.56. The number of nitrogens with one attached hydrogen (secondary N) is 1. The van der Waals surface area contributed by atoms with Gasteiger partial charge in [-0.3, -0.25) is 13.9 Å². The van der Waals surface area contributed by atoms with Crippen LogP contribution in [0.25, 0.3) is 0 Å². The summed E-state index contributed by atoms with van der Waals surface area (Å²) in [6.45, 7) is 9.24. The van der Waals surface area contributed by atoms with E-state index in [1.807, 2.05) is 71.0 Å². The first kappa shape index (κ1) is 29.9. The third-order valence-electron chi connectivity index (χ3n) is 6.67. The summed E-state index contributed by atoms with van der Waals surface area (Å²) in [7, 11) is -4.08. The normalized spacial score (nSPS) is 12.2. The van der Waals surface area contributed by atoms with Crippen LogP contribution in [-0.4, -0.2) is 43.8 Å². The van der Waals surface area contributed by atoms with Crippen molar-refractivity contribution in [2.45, 2.75) is 71.0 Å². The van der Waals surface area contributed by atoms with Gasteiger partial charge in [-0.2, -0.15) is 0 Å². The summed E-state index contributed by atoms with van der Waals surface area (Å²) >= 11 is 0. The fourth-order valence-corrected chi connectivity index (χ4v) is 6.03. The van der Waals surface area contributed by atoms with Crippen molar-refractivity contribution < 1.29 is 18.0 Å². The van der Waals surface area contributed by atoms with Gasteiger partial charge in [-0.1, -0.05) is 74.5 Å². The predicted molar refractivity (Wildman–Crippen MR) is 156 cm³/mol. The van der Waals surface area contributed by atoms with Gasteiger partial charge in [-0.15, -0.1) is 0 Å². The first-order chi connectivity index (χ1) is 18.6. The molecule has 0 radical (unpaired) electrons. The smallest absolute Gasteiger partial charge is 0.264 e. The molecular formula is C31H39N3O4S. The molecule has 3 aromatic rings. The Morgan fingerprint density at radius 1 is 0.846 bits per heavy atom. The predicted octanol–water partition coefficient (Wildman–Crippen LogP) is 5.08. The number of rotatable bonds is 12. The molecule has 3 rings (SSSR count). The molecule has 0 aliphatic rings. The SMILES string of the molecule is CCc1ccccc1N(CC(=O)N(Cc1ccccc1C)[C@H](CC)C(=O)NC(C)C)S(=O)(=O)c1ccccc1. The number of amides is 2. The molecule has 0 spiro atoms. The number of para-hydroxylation sites is 1. The lowest BCUT2D eigenvalue weighted by atomic mass is 10.1. The van der Waals surface area contributed by atoms with Crippen molar-refractivity contribution in [2.75, 3.05) is 10.8 Å². The van der Waals surface area contributed by atoms with Crippen LogP contribution in [0.5, 0.6) is 0 Å². The van der Waals surface area contributed by atoms with Gasteiger partial charge in [0.1, 0.15) is 12.6 Å². The average Bonchev–Trinajstić information content (AvgIpc) is 2.92. The fraction of sp³-hybridized carbons (Fsp3) is 0.355. The standard InChI is InChI=1S/C31H39N3O4S/c1-6-25-16-13-14-20-29(25)34(39(37,38)27-18-9-8-10-19-27)22-30(35)33(21-26-17-12-11-15-24(26)5)28(7-2)31(36)32-23(3)4/h8-20,23,28H,6-7,21-22H2,1-5H3,(H,32,36)/t28-/m1/s1. The largest absolute Gasteiger partial charge is 0.352 e. The summed E-state index contributed by atoms with van der Waals surface area (Å²) in [5.41, 5.74) is 3.14. The molecule has 208 valence electrons. The number of anilines is 1. The van der Waals surface area contributed by atoms with Gasteiger partial charge < -0.3 is 10.2 Å². The second-order valence-electron chi connectivity index (χ2n) is 9.84. The zero-order valence-electron chi connectivity index (χ0n) is 23.4. The van der Waals surface area contributed by atoms with Crippen molar-refractivity contribution in [2.24, 2.45) is 0 Å². The third-order valence-corrected chi connectivity index (χ3v) is 8.44. The van der Waals surface area contributed by atoms with Crippen LogP contribution in [0.3, 0.4) is 0 Å². The van der Waals surface area contributed by atoms with Gasteiger partial charge in [-0.25, -0.2) is 8.42 Å². The maximum Gasteiger partial charge on any atom is 0.264 e. The van der Waals surface area contributed by atoms with E-state index in [2.05, 4.69) is 5.32 Å². The molecule has 7 nitrogen and oxygen atoms in total. The quantitative estimate of drug-likeness (QED) is 0.341. The molecule has 2 amide bonds. The Morgan fingerprint density at radius 2 is 1.44 bits per heavy atom. The van der Waals surface area contributed by atoms with E-state index in [0.29, 0.717) is 18.5 Å². The molecule has 0 bridgehead atoms. The minimum Gasteiger partial charge on any atom is -0.352 e. The Labute approximate surface area is 232 Å². The molecule has 8 heteroatoms. The van der Waals surface area contributed by atoms with Crippen molar-refractivity contribution in [3.05, 3.63) is 95.6 Å². The van der Waals surface area contributed by atoms with Crippen molar-refractivity contribution in [1.82, 2.24) is 10.2 Å². The molecule has 0 aromatic heterocycles. The lowest BCUT2D eigenvalue weighted by molar-refractivity contribution is -0.140. The maximum absolute atomic E-state index is 14.2. The summed E-state index contributed by atoms with van der Waals surface area (Å²) in [5, 5.41) is 2.92. The maximum atomic E-state index is 14.2. The van der Waals surface area contributed by atoms with Crippen molar-refractivity contribution in [3.8, 4) is 0 Å². The highest BCUT2D eigenvalue weighted by molar-refractivity contribution is 7.92. The minimum absolute atomic E-state index is 0.0961. The van der Waals surface area contributed by atoms with E-state index in [1.54, 1.807) is 30.3 Å². The summed E-state index contributed by atoms with van der Waals surface area (Å²) in [4.78, 5) is 29.0. The van der Waals surface area contributed by atoms with Crippen LogP contribution < -0.4 is 9.62 Å². The van der Waals surface area contributed by atoms with E-state index in [1.165, 1.54) is 21.3 Å². The number of benzene rings is 3. The molecule has 0 saturated heterocycles. The number of carbonyl (C=O) groups is 2. The Balaban J connectivity index is 2.10. The van der Waals surface area contributed by atoms with Crippen molar-refractivity contribution in [1.29, 1.82) is 0 Å². The third kappa shape index (κ3) is 7.26. The first-order valence-electron chi connectivity index (χ1n) is 13.4. The summed E-state index contributed by atoms with van der Waals surface area (Å²) in [6, 6.07) is 22.1. The van der Waals surface area contributed by atoms with Gasteiger partial charge in [-0.05, 0) is 68.5 Å². The summed E-state index contributed by atoms with van der Waals surface area (Å²) < 4.78 is 29.1. The molecule has 0 fully saturated rings. The molecule has 0 unspecified atom stereocenters. The molecule has 1 N–H and O–H groups in total. The van der Waals surface area contributed by atoms with Crippen LogP contribution in [0.2, 0.25) is 0 Å². The van der Waals surface area contributed by atoms with E-state index < -0.39 is 28.5 Å². The van der Waals surface area contributed by atoms with E-state index in [-0.39, 0.29) is 23.4 Å². The monoisotopic (exact) mass is 549 g/mol. The number of hydrogen-bond acceptors (Lipinski definition) is 4. The highest BCUT2D eigenvalue weighted by Gasteiger charge is 2.34. The minimum atomic E-state index is -4.08. The van der Waals surface area contributed by atoms with Gasteiger partial charge in [0, 0.05) is 12.6 Å². The van der Waals surface area contributed by atoms with Gasteiger partial charge in [0.25, 0.3) is 10.0 Å². The summed E-state index contributed by atoms with van der Waals surface area (Å²) in [5.74, 6) is -0.713. The lowest BCUT2D eigenvalue weighted by Crippen LogP contribution is -2.53. The Kier molecular flexibility index (Phi) is 10.3. The Morgan fingerprint density at radius 3 is 2.03 bits per heavy atom. The van der Waals surface area contributed by atoms with E-state index in [4.69, 9.17) is 0 Å². The second-order valence-corrected chi connectivity index (χ2v) is 11.7. The molecule has 0 saturated carbocycles. The van der Waals surface area contributed by atoms with Crippen LogP contribution in [0.1, 0.15) is 50.8 Å². The topological polar surface area (TPSA) is 86.8 Å². The second kappa shape index (κ2) is 13.4. The van der Waals surface area contributed by atoms with Crippen molar-refractivity contribution in [3.63, 3.8) is 0 Å². The van der Waals surface area contributed by atoms with Crippen LogP contribution in [0.4, 0.5) is 5.69 Å².